The van der Waals surface area contributed by atoms with Gasteiger partial charge in [-0.15, -0.1) is 0 Å². The topological polar surface area (TPSA) is 72.9 Å². The maximum absolute atomic E-state index is 13.0. The first-order valence-corrected chi connectivity index (χ1v) is 13.1. The van der Waals surface area contributed by atoms with Crippen LogP contribution in [-0.2, 0) is 25.8 Å². The number of ether oxygens (including phenoxy) is 2. The van der Waals surface area contributed by atoms with Crippen molar-refractivity contribution < 1.29 is 22.7 Å². The number of nitrogens with zero attached hydrogens (tertiary/aromatic N) is 1. The lowest BCUT2D eigenvalue weighted by molar-refractivity contribution is -0.155. The number of esters is 1. The largest absolute Gasteiger partial charge is 0.493 e. The predicted octanol–water partition coefficient (Wildman–Crippen LogP) is 4.66. The molecule has 2 aromatic carbocycles. The van der Waals surface area contributed by atoms with Crippen LogP contribution in [0.2, 0.25) is 0 Å². The van der Waals surface area contributed by atoms with Crippen molar-refractivity contribution in [2.24, 2.45) is 0 Å². The van der Waals surface area contributed by atoms with Crippen molar-refractivity contribution in [3.05, 3.63) is 54.1 Å². The smallest absolute Gasteiger partial charge is 0.307 e. The molecule has 6 nitrogen and oxygen atoms in total. The van der Waals surface area contributed by atoms with Gasteiger partial charge >= 0.3 is 5.97 Å². The van der Waals surface area contributed by atoms with E-state index in [2.05, 4.69) is 4.90 Å². The number of hydrogen-bond acceptors (Lipinski definition) is 6. The Balaban J connectivity index is 1.67. The molecule has 0 saturated heterocycles. The van der Waals surface area contributed by atoms with Gasteiger partial charge in [0.05, 0.1) is 22.8 Å². The lowest BCUT2D eigenvalue weighted by Crippen LogP contribution is -2.31. The van der Waals surface area contributed by atoms with Gasteiger partial charge in [-0.1, -0.05) is 24.3 Å². The molecule has 2 aromatic rings. The van der Waals surface area contributed by atoms with E-state index in [9.17, 15) is 13.2 Å². The van der Waals surface area contributed by atoms with Crippen LogP contribution in [0.3, 0.4) is 0 Å². The van der Waals surface area contributed by atoms with E-state index < -0.39 is 15.4 Å². The fourth-order valence-electron chi connectivity index (χ4n) is 3.87. The summed E-state index contributed by atoms with van der Waals surface area (Å²) in [6.45, 7) is 8.62. The number of fused-ring (bicyclic) bond motifs is 1. The summed E-state index contributed by atoms with van der Waals surface area (Å²) in [5.41, 5.74) is 0.546. The van der Waals surface area contributed by atoms with Gasteiger partial charge in [-0.2, -0.15) is 0 Å². The molecule has 1 aliphatic rings. The summed E-state index contributed by atoms with van der Waals surface area (Å²) in [4.78, 5) is 14.9. The summed E-state index contributed by atoms with van der Waals surface area (Å²) in [6.07, 6.45) is 3.87. The zero-order valence-corrected chi connectivity index (χ0v) is 20.7. The molecule has 7 heteroatoms. The van der Waals surface area contributed by atoms with E-state index in [4.69, 9.17) is 9.47 Å². The molecule has 0 atom stereocenters. The number of aryl methyl sites for hydroxylation is 1. The third-order valence-corrected chi connectivity index (χ3v) is 7.27. The van der Waals surface area contributed by atoms with Crippen molar-refractivity contribution in [2.45, 2.75) is 68.3 Å². The lowest BCUT2D eigenvalue weighted by Gasteiger charge is -2.23. The van der Waals surface area contributed by atoms with Crippen LogP contribution in [0.15, 0.2) is 58.3 Å². The molecule has 0 unspecified atom stereocenters. The fraction of sp³-hybridized carbons (Fsp3) is 0.500. The number of rotatable bonds is 5. The van der Waals surface area contributed by atoms with E-state index in [1.807, 2.05) is 26.8 Å². The SMILES string of the molecule is CC(C)(C)OC(=O)CCN1CCCCOc2cc(S(=O)(=O)c3ccccc3)ccc2CCC1. The van der Waals surface area contributed by atoms with E-state index in [1.54, 1.807) is 42.5 Å². The highest BCUT2D eigenvalue weighted by Gasteiger charge is 2.20. The maximum Gasteiger partial charge on any atom is 0.307 e. The molecule has 180 valence electrons. The second-order valence-corrected chi connectivity index (χ2v) is 11.4. The minimum atomic E-state index is -3.59. The van der Waals surface area contributed by atoms with E-state index in [1.165, 1.54) is 0 Å². The van der Waals surface area contributed by atoms with Crippen LogP contribution >= 0.6 is 0 Å². The molecule has 0 radical (unpaired) electrons. The van der Waals surface area contributed by atoms with Gasteiger partial charge in [0, 0.05) is 6.54 Å². The van der Waals surface area contributed by atoms with Crippen LogP contribution in [0.4, 0.5) is 0 Å². The average molecular weight is 474 g/mol. The van der Waals surface area contributed by atoms with Gasteiger partial charge in [0.2, 0.25) is 9.84 Å². The average Bonchev–Trinajstić information content (AvgIpc) is 2.80. The van der Waals surface area contributed by atoms with Crippen molar-refractivity contribution in [1.82, 2.24) is 4.90 Å². The summed E-state index contributed by atoms with van der Waals surface area (Å²) in [6, 6.07) is 13.7. The highest BCUT2D eigenvalue weighted by Crippen LogP contribution is 2.29. The number of carbonyl (C=O) groups excluding carboxylic acids is 1. The number of hydrogen-bond donors (Lipinski definition) is 0. The minimum absolute atomic E-state index is 0.169. The van der Waals surface area contributed by atoms with E-state index in [0.717, 1.165) is 44.3 Å². The highest BCUT2D eigenvalue weighted by atomic mass is 32.2. The summed E-state index contributed by atoms with van der Waals surface area (Å²) >= 11 is 0. The van der Waals surface area contributed by atoms with Crippen LogP contribution in [0, 0.1) is 0 Å². The number of benzene rings is 2. The molecule has 0 aliphatic carbocycles. The summed E-state index contributed by atoms with van der Waals surface area (Å²) in [7, 11) is -3.59. The third-order valence-electron chi connectivity index (χ3n) is 5.50. The molecule has 0 saturated carbocycles. The Morgan fingerprint density at radius 1 is 1.00 bits per heavy atom. The number of carbonyl (C=O) groups is 1. The van der Waals surface area contributed by atoms with E-state index >= 15 is 0 Å². The van der Waals surface area contributed by atoms with Crippen LogP contribution in [0.25, 0.3) is 0 Å². The zero-order chi connectivity index (χ0) is 23.9. The second-order valence-electron chi connectivity index (χ2n) is 9.42. The third kappa shape index (κ3) is 7.57. The Labute approximate surface area is 197 Å². The van der Waals surface area contributed by atoms with Crippen LogP contribution in [0.5, 0.6) is 5.75 Å². The minimum Gasteiger partial charge on any atom is -0.493 e. The predicted molar refractivity (Wildman–Crippen MR) is 128 cm³/mol. The van der Waals surface area contributed by atoms with Crippen molar-refractivity contribution in [3.8, 4) is 5.75 Å². The molecule has 0 spiro atoms. The van der Waals surface area contributed by atoms with Crippen LogP contribution in [0.1, 0.15) is 52.0 Å². The number of sulfone groups is 1. The molecule has 1 aliphatic heterocycles. The fourth-order valence-corrected chi connectivity index (χ4v) is 5.17. The molecule has 0 amide bonds. The van der Waals surface area contributed by atoms with Gasteiger partial charge in [0.15, 0.2) is 0 Å². The van der Waals surface area contributed by atoms with Gasteiger partial charge in [-0.05, 0) is 89.4 Å². The molecule has 3 rings (SSSR count). The quantitative estimate of drug-likeness (QED) is 0.588. The van der Waals surface area contributed by atoms with Gasteiger partial charge in [0.1, 0.15) is 11.4 Å². The molecule has 0 aromatic heterocycles. The Bertz CT molecular complexity index is 1030. The Morgan fingerprint density at radius 2 is 1.73 bits per heavy atom. The summed E-state index contributed by atoms with van der Waals surface area (Å²) < 4.78 is 37.5. The highest BCUT2D eigenvalue weighted by molar-refractivity contribution is 7.91. The van der Waals surface area contributed by atoms with Gasteiger partial charge in [-0.25, -0.2) is 8.42 Å². The second kappa shape index (κ2) is 11.2. The van der Waals surface area contributed by atoms with Crippen LogP contribution in [-0.4, -0.2) is 51.1 Å². The van der Waals surface area contributed by atoms with E-state index in [-0.39, 0.29) is 15.8 Å². The Kier molecular flexibility index (Phi) is 8.54. The molecule has 1 heterocycles. The van der Waals surface area contributed by atoms with Crippen molar-refractivity contribution in [2.75, 3.05) is 26.2 Å². The van der Waals surface area contributed by atoms with Gasteiger partial charge in [-0.3, -0.25) is 4.79 Å². The maximum atomic E-state index is 13.0. The monoisotopic (exact) mass is 473 g/mol. The van der Waals surface area contributed by atoms with Crippen molar-refractivity contribution in [1.29, 1.82) is 0 Å². The lowest BCUT2D eigenvalue weighted by atomic mass is 10.1. The standard InChI is InChI=1S/C26H35NO5S/c1-26(2,3)32-25(28)15-18-27-16-7-8-19-31-24-20-23(14-13-21(24)10-9-17-27)33(29,30)22-11-5-4-6-12-22/h4-6,11-14,20H,7-10,15-19H2,1-3H3. The molecule has 33 heavy (non-hydrogen) atoms. The summed E-state index contributed by atoms with van der Waals surface area (Å²) in [5, 5.41) is 0. The first-order valence-electron chi connectivity index (χ1n) is 11.7. The van der Waals surface area contributed by atoms with Crippen LogP contribution < -0.4 is 4.74 Å². The van der Waals surface area contributed by atoms with Gasteiger partial charge < -0.3 is 14.4 Å². The van der Waals surface area contributed by atoms with Gasteiger partial charge in [0.25, 0.3) is 0 Å². The summed E-state index contributed by atoms with van der Waals surface area (Å²) in [5.74, 6) is 0.479. The Morgan fingerprint density at radius 3 is 2.45 bits per heavy atom. The van der Waals surface area contributed by atoms with Crippen molar-refractivity contribution >= 4 is 15.8 Å². The molecule has 0 bridgehead atoms. The molecule has 0 N–H and O–H groups in total. The zero-order valence-electron chi connectivity index (χ0n) is 19.9. The van der Waals surface area contributed by atoms with E-state index in [0.29, 0.717) is 25.3 Å². The Hall–Kier alpha value is -2.38. The normalized spacial score (nSPS) is 16.2. The molecular weight excluding hydrogens is 438 g/mol. The molecule has 0 fully saturated rings. The first-order chi connectivity index (χ1) is 15.6. The molecular formula is C26H35NO5S. The van der Waals surface area contributed by atoms with Crippen molar-refractivity contribution in [3.63, 3.8) is 0 Å². The first kappa shape index (κ1) is 25.2.